The quantitative estimate of drug-likeness (QED) is 0.779. The van der Waals surface area contributed by atoms with Gasteiger partial charge in [0.25, 0.3) is 0 Å². The molecule has 2 heterocycles. The van der Waals surface area contributed by atoms with Crippen LogP contribution < -0.4 is 0 Å². The van der Waals surface area contributed by atoms with Crippen LogP contribution in [0.5, 0.6) is 0 Å². The lowest BCUT2D eigenvalue weighted by atomic mass is 9.85. The molecule has 3 nitrogen and oxygen atoms in total. The van der Waals surface area contributed by atoms with Crippen molar-refractivity contribution < 1.29 is 18.0 Å². The number of hydrogen-bond donors (Lipinski definition) is 0. The van der Waals surface area contributed by atoms with Gasteiger partial charge in [0.1, 0.15) is 5.54 Å². The summed E-state index contributed by atoms with van der Waals surface area (Å²) in [6.07, 6.45) is -0.327. The highest BCUT2D eigenvalue weighted by molar-refractivity contribution is 5.87. The van der Waals surface area contributed by atoms with Crippen LogP contribution in [0, 0.1) is 0 Å². The monoisotopic (exact) mass is 368 g/mol. The molecular formula is C20H27F3N2O. The van der Waals surface area contributed by atoms with E-state index in [1.54, 1.807) is 24.3 Å². The summed E-state index contributed by atoms with van der Waals surface area (Å²) in [5.74, 6) is 0.247. The number of piperidine rings is 1. The lowest BCUT2D eigenvalue weighted by molar-refractivity contribution is -0.147. The van der Waals surface area contributed by atoms with Crippen molar-refractivity contribution >= 4 is 5.91 Å². The van der Waals surface area contributed by atoms with E-state index in [9.17, 15) is 18.0 Å². The van der Waals surface area contributed by atoms with E-state index in [0.717, 1.165) is 57.3 Å². The number of likely N-dealkylation sites (tertiary alicyclic amines) is 2. The SMILES string of the molecule is CCCN1CCCC2(CCCN2Cc2ccc(CC(F)(F)F)cc2)C1=O. The number of carbonyl (C=O) groups excluding carboxylic acids is 1. The second kappa shape index (κ2) is 7.59. The van der Waals surface area contributed by atoms with Crippen molar-refractivity contribution in [2.75, 3.05) is 19.6 Å². The van der Waals surface area contributed by atoms with Crippen molar-refractivity contribution in [2.24, 2.45) is 0 Å². The van der Waals surface area contributed by atoms with E-state index in [-0.39, 0.29) is 11.5 Å². The first-order chi connectivity index (χ1) is 12.3. The molecule has 2 aliphatic heterocycles. The Bertz CT molecular complexity index is 627. The zero-order valence-corrected chi connectivity index (χ0v) is 15.3. The van der Waals surface area contributed by atoms with Gasteiger partial charge in [-0.05, 0) is 49.8 Å². The van der Waals surface area contributed by atoms with Gasteiger partial charge in [0, 0.05) is 19.6 Å². The predicted octanol–water partition coefficient (Wildman–Crippen LogP) is 4.16. The normalized spacial score (nSPS) is 24.6. The average molecular weight is 368 g/mol. The molecule has 0 aliphatic carbocycles. The zero-order chi connectivity index (χ0) is 18.8. The van der Waals surface area contributed by atoms with Gasteiger partial charge in [-0.3, -0.25) is 9.69 Å². The molecule has 3 rings (SSSR count). The fraction of sp³-hybridized carbons (Fsp3) is 0.650. The summed E-state index contributed by atoms with van der Waals surface area (Å²) in [7, 11) is 0. The van der Waals surface area contributed by atoms with Crippen molar-refractivity contribution in [1.29, 1.82) is 0 Å². The third kappa shape index (κ3) is 4.05. The number of halogens is 3. The molecule has 0 N–H and O–H groups in total. The lowest BCUT2D eigenvalue weighted by Gasteiger charge is -2.44. The third-order valence-electron chi connectivity index (χ3n) is 5.62. The first kappa shape index (κ1) is 19.2. The first-order valence-corrected chi connectivity index (χ1v) is 9.53. The second-order valence-corrected chi connectivity index (χ2v) is 7.56. The molecule has 6 heteroatoms. The summed E-state index contributed by atoms with van der Waals surface area (Å²) in [6.45, 7) is 5.23. The van der Waals surface area contributed by atoms with Gasteiger partial charge in [-0.2, -0.15) is 13.2 Å². The largest absolute Gasteiger partial charge is 0.393 e. The third-order valence-corrected chi connectivity index (χ3v) is 5.62. The van der Waals surface area contributed by atoms with E-state index in [0.29, 0.717) is 6.54 Å². The van der Waals surface area contributed by atoms with E-state index in [1.165, 1.54) is 0 Å². The maximum absolute atomic E-state index is 13.1. The molecule has 1 atom stereocenters. The number of carbonyl (C=O) groups is 1. The Hall–Kier alpha value is -1.56. The maximum Gasteiger partial charge on any atom is 0.393 e. The smallest absolute Gasteiger partial charge is 0.341 e. The number of amides is 1. The molecule has 0 aromatic heterocycles. The molecule has 1 amide bonds. The molecule has 2 fully saturated rings. The molecule has 26 heavy (non-hydrogen) atoms. The van der Waals surface area contributed by atoms with E-state index in [1.807, 2.05) is 4.90 Å². The van der Waals surface area contributed by atoms with Crippen LogP contribution in [0.15, 0.2) is 24.3 Å². The minimum atomic E-state index is -4.18. The average Bonchev–Trinajstić information content (AvgIpc) is 2.96. The highest BCUT2D eigenvalue weighted by atomic mass is 19.4. The van der Waals surface area contributed by atoms with Crippen LogP contribution in [0.3, 0.4) is 0 Å². The number of hydrogen-bond acceptors (Lipinski definition) is 2. The van der Waals surface area contributed by atoms with Crippen molar-refractivity contribution in [2.45, 2.75) is 63.7 Å². The van der Waals surface area contributed by atoms with E-state index in [2.05, 4.69) is 11.8 Å². The summed E-state index contributed by atoms with van der Waals surface area (Å²) >= 11 is 0. The molecule has 1 spiro atoms. The topological polar surface area (TPSA) is 23.6 Å². The highest BCUT2D eigenvalue weighted by Crippen LogP contribution is 2.39. The first-order valence-electron chi connectivity index (χ1n) is 9.53. The van der Waals surface area contributed by atoms with E-state index in [4.69, 9.17) is 0 Å². The van der Waals surface area contributed by atoms with Crippen LogP contribution in [-0.2, 0) is 17.8 Å². The molecule has 1 aromatic carbocycles. The molecule has 1 aromatic rings. The van der Waals surface area contributed by atoms with Crippen LogP contribution in [0.1, 0.15) is 50.2 Å². The van der Waals surface area contributed by atoms with Gasteiger partial charge in [0.15, 0.2) is 0 Å². The van der Waals surface area contributed by atoms with Gasteiger partial charge in [-0.15, -0.1) is 0 Å². The Morgan fingerprint density at radius 3 is 2.27 bits per heavy atom. The molecule has 0 saturated carbocycles. The summed E-state index contributed by atoms with van der Waals surface area (Å²) < 4.78 is 37.5. The fourth-order valence-corrected chi connectivity index (χ4v) is 4.45. The van der Waals surface area contributed by atoms with Gasteiger partial charge >= 0.3 is 6.18 Å². The Balaban J connectivity index is 1.71. The molecule has 2 aliphatic rings. The molecule has 0 bridgehead atoms. The maximum atomic E-state index is 13.1. The second-order valence-electron chi connectivity index (χ2n) is 7.56. The summed E-state index contributed by atoms with van der Waals surface area (Å²) in [5, 5.41) is 0. The highest BCUT2D eigenvalue weighted by Gasteiger charge is 2.50. The number of nitrogens with zero attached hydrogens (tertiary/aromatic N) is 2. The van der Waals surface area contributed by atoms with Crippen LogP contribution in [0.4, 0.5) is 13.2 Å². The minimum absolute atomic E-state index is 0.247. The summed E-state index contributed by atoms with van der Waals surface area (Å²) in [5.41, 5.74) is 0.843. The standard InChI is InChI=1S/C20H27F3N2O/c1-2-11-24-12-3-9-19(18(24)26)10-4-13-25(19)15-17-7-5-16(6-8-17)14-20(21,22)23/h5-8H,2-4,9-15H2,1H3. The van der Waals surface area contributed by atoms with Crippen LogP contribution in [0.2, 0.25) is 0 Å². The van der Waals surface area contributed by atoms with Crippen LogP contribution >= 0.6 is 0 Å². The number of rotatable bonds is 5. The molecule has 1 unspecified atom stereocenters. The fourth-order valence-electron chi connectivity index (χ4n) is 4.45. The minimum Gasteiger partial charge on any atom is -0.341 e. The summed E-state index contributed by atoms with van der Waals surface area (Å²) in [6, 6.07) is 6.64. The van der Waals surface area contributed by atoms with Gasteiger partial charge < -0.3 is 4.90 Å². The van der Waals surface area contributed by atoms with Crippen LogP contribution in [-0.4, -0.2) is 47.1 Å². The summed E-state index contributed by atoms with van der Waals surface area (Å²) in [4.78, 5) is 17.4. The van der Waals surface area contributed by atoms with Crippen molar-refractivity contribution in [1.82, 2.24) is 9.80 Å². The Kier molecular flexibility index (Phi) is 5.61. The number of benzene rings is 1. The van der Waals surface area contributed by atoms with Gasteiger partial charge in [-0.25, -0.2) is 0 Å². The van der Waals surface area contributed by atoms with Gasteiger partial charge in [0.2, 0.25) is 5.91 Å². The molecule has 144 valence electrons. The number of alkyl halides is 3. The van der Waals surface area contributed by atoms with Crippen molar-refractivity contribution in [3.63, 3.8) is 0 Å². The van der Waals surface area contributed by atoms with Crippen LogP contribution in [0.25, 0.3) is 0 Å². The van der Waals surface area contributed by atoms with Crippen molar-refractivity contribution in [3.05, 3.63) is 35.4 Å². The molecule has 2 saturated heterocycles. The molecule has 0 radical (unpaired) electrons. The molecular weight excluding hydrogens is 341 g/mol. The Morgan fingerprint density at radius 2 is 1.65 bits per heavy atom. The lowest BCUT2D eigenvalue weighted by Crippen LogP contribution is -2.59. The van der Waals surface area contributed by atoms with E-state index >= 15 is 0 Å². The van der Waals surface area contributed by atoms with Crippen molar-refractivity contribution in [3.8, 4) is 0 Å². The Labute approximate surface area is 153 Å². The van der Waals surface area contributed by atoms with Gasteiger partial charge in [-0.1, -0.05) is 31.2 Å². The predicted molar refractivity (Wildman–Crippen MR) is 94.7 cm³/mol. The zero-order valence-electron chi connectivity index (χ0n) is 15.3. The van der Waals surface area contributed by atoms with Gasteiger partial charge in [0.05, 0.1) is 6.42 Å². The Morgan fingerprint density at radius 1 is 1.04 bits per heavy atom. The van der Waals surface area contributed by atoms with E-state index < -0.39 is 18.1 Å².